The SMILES string of the molecule is Cc1ccc(N2C(=O)NCC(C(=O)Nc3ccc(F)c([N+](=O)[O-])c3)C2=O)cc1. The predicted octanol–water partition coefficient (Wildman–Crippen LogP) is 2.35. The molecule has 1 aliphatic heterocycles. The molecular formula is C18H15FN4O5. The van der Waals surface area contributed by atoms with Crippen molar-refractivity contribution in [3.63, 3.8) is 0 Å². The number of hydrogen-bond acceptors (Lipinski definition) is 5. The van der Waals surface area contributed by atoms with Gasteiger partial charge in [0.05, 0.1) is 10.6 Å². The summed E-state index contributed by atoms with van der Waals surface area (Å²) in [7, 11) is 0. The smallest absolute Gasteiger partial charge is 0.328 e. The molecule has 1 atom stereocenters. The number of carbonyl (C=O) groups is 3. The number of nitro benzene ring substituents is 1. The maximum atomic E-state index is 13.4. The minimum atomic E-state index is -1.25. The topological polar surface area (TPSA) is 122 Å². The van der Waals surface area contributed by atoms with Gasteiger partial charge in [-0.1, -0.05) is 17.7 Å². The van der Waals surface area contributed by atoms with E-state index >= 15 is 0 Å². The Morgan fingerprint density at radius 2 is 1.93 bits per heavy atom. The van der Waals surface area contributed by atoms with Crippen LogP contribution in [0.5, 0.6) is 0 Å². The van der Waals surface area contributed by atoms with Gasteiger partial charge in [0.25, 0.3) is 0 Å². The molecule has 0 aromatic heterocycles. The quantitative estimate of drug-likeness (QED) is 0.475. The molecular weight excluding hydrogens is 371 g/mol. The van der Waals surface area contributed by atoms with Gasteiger partial charge in [0.1, 0.15) is 5.92 Å². The average Bonchev–Trinajstić information content (AvgIpc) is 2.64. The molecule has 0 bridgehead atoms. The van der Waals surface area contributed by atoms with Crippen molar-refractivity contribution in [2.45, 2.75) is 6.92 Å². The Hall–Kier alpha value is -3.82. The van der Waals surface area contributed by atoms with Crippen molar-refractivity contribution in [3.05, 3.63) is 64.0 Å². The second kappa shape index (κ2) is 7.43. The maximum absolute atomic E-state index is 13.4. The number of anilines is 2. The first-order valence-electron chi connectivity index (χ1n) is 8.21. The van der Waals surface area contributed by atoms with Crippen molar-refractivity contribution >= 4 is 34.9 Å². The van der Waals surface area contributed by atoms with E-state index in [1.807, 2.05) is 6.92 Å². The summed E-state index contributed by atoms with van der Waals surface area (Å²) < 4.78 is 13.4. The van der Waals surface area contributed by atoms with Crippen LogP contribution in [0.3, 0.4) is 0 Å². The van der Waals surface area contributed by atoms with E-state index in [-0.39, 0.29) is 12.2 Å². The number of hydrogen-bond donors (Lipinski definition) is 2. The largest absolute Gasteiger partial charge is 0.336 e. The summed E-state index contributed by atoms with van der Waals surface area (Å²) in [4.78, 5) is 48.1. The van der Waals surface area contributed by atoms with Crippen molar-refractivity contribution in [2.75, 3.05) is 16.8 Å². The highest BCUT2D eigenvalue weighted by atomic mass is 19.1. The van der Waals surface area contributed by atoms with Crippen molar-refractivity contribution in [1.29, 1.82) is 0 Å². The first-order valence-corrected chi connectivity index (χ1v) is 8.21. The maximum Gasteiger partial charge on any atom is 0.328 e. The summed E-state index contributed by atoms with van der Waals surface area (Å²) in [6.45, 7) is 1.62. The summed E-state index contributed by atoms with van der Waals surface area (Å²) in [5.41, 5.74) is 0.399. The number of nitro groups is 1. The Balaban J connectivity index is 1.81. The fraction of sp³-hybridized carbons (Fsp3) is 0.167. The van der Waals surface area contributed by atoms with E-state index in [4.69, 9.17) is 0 Å². The van der Waals surface area contributed by atoms with E-state index in [0.717, 1.165) is 28.7 Å². The Morgan fingerprint density at radius 1 is 1.25 bits per heavy atom. The van der Waals surface area contributed by atoms with Crippen LogP contribution in [-0.4, -0.2) is 29.3 Å². The summed E-state index contributed by atoms with van der Waals surface area (Å²) in [6.07, 6.45) is 0. The highest BCUT2D eigenvalue weighted by Gasteiger charge is 2.39. The van der Waals surface area contributed by atoms with Crippen LogP contribution in [0.4, 0.5) is 26.2 Å². The number of benzene rings is 2. The molecule has 0 aliphatic carbocycles. The third-order valence-electron chi connectivity index (χ3n) is 4.20. The zero-order valence-electron chi connectivity index (χ0n) is 14.6. The molecule has 28 heavy (non-hydrogen) atoms. The van der Waals surface area contributed by atoms with Gasteiger partial charge in [0.2, 0.25) is 17.6 Å². The lowest BCUT2D eigenvalue weighted by Crippen LogP contribution is -2.58. The fourth-order valence-electron chi connectivity index (χ4n) is 2.71. The van der Waals surface area contributed by atoms with E-state index in [9.17, 15) is 28.9 Å². The second-order valence-corrected chi connectivity index (χ2v) is 6.16. The third kappa shape index (κ3) is 3.65. The molecule has 3 rings (SSSR count). The van der Waals surface area contributed by atoms with Crippen LogP contribution in [0.15, 0.2) is 42.5 Å². The van der Waals surface area contributed by atoms with Crippen LogP contribution in [0.2, 0.25) is 0 Å². The Labute approximate surface area is 158 Å². The summed E-state index contributed by atoms with van der Waals surface area (Å²) in [6, 6.07) is 8.79. The van der Waals surface area contributed by atoms with Crippen molar-refractivity contribution < 1.29 is 23.7 Å². The van der Waals surface area contributed by atoms with E-state index in [1.165, 1.54) is 0 Å². The molecule has 2 N–H and O–H groups in total. The summed E-state index contributed by atoms with van der Waals surface area (Å²) >= 11 is 0. The minimum absolute atomic E-state index is 0.0373. The third-order valence-corrected chi connectivity index (χ3v) is 4.20. The Kier molecular flexibility index (Phi) is 5.03. The first kappa shape index (κ1) is 19.0. The van der Waals surface area contributed by atoms with Gasteiger partial charge >= 0.3 is 11.7 Å². The van der Waals surface area contributed by atoms with Crippen LogP contribution in [0, 0.1) is 28.8 Å². The lowest BCUT2D eigenvalue weighted by Gasteiger charge is -2.30. The van der Waals surface area contributed by atoms with Crippen LogP contribution in [0.1, 0.15) is 5.56 Å². The van der Waals surface area contributed by atoms with Crippen LogP contribution < -0.4 is 15.5 Å². The van der Waals surface area contributed by atoms with Gasteiger partial charge < -0.3 is 10.6 Å². The average molecular weight is 386 g/mol. The number of carbonyl (C=O) groups excluding carboxylic acids is 3. The predicted molar refractivity (Wildman–Crippen MR) is 97.2 cm³/mol. The number of amides is 4. The first-order chi connectivity index (χ1) is 13.3. The van der Waals surface area contributed by atoms with Gasteiger partial charge in [-0.25, -0.2) is 9.69 Å². The van der Waals surface area contributed by atoms with Gasteiger partial charge in [-0.3, -0.25) is 19.7 Å². The molecule has 0 radical (unpaired) electrons. The lowest BCUT2D eigenvalue weighted by molar-refractivity contribution is -0.387. The molecule has 1 unspecified atom stereocenters. The number of rotatable bonds is 4. The number of urea groups is 1. The van der Waals surface area contributed by atoms with Crippen molar-refractivity contribution in [2.24, 2.45) is 5.92 Å². The Morgan fingerprint density at radius 3 is 2.57 bits per heavy atom. The fourth-order valence-corrected chi connectivity index (χ4v) is 2.71. The monoisotopic (exact) mass is 386 g/mol. The highest BCUT2D eigenvalue weighted by Crippen LogP contribution is 2.24. The zero-order chi connectivity index (χ0) is 20.4. The van der Waals surface area contributed by atoms with E-state index < -0.39 is 40.2 Å². The van der Waals surface area contributed by atoms with Gasteiger partial charge in [0, 0.05) is 18.3 Å². The number of aryl methyl sites for hydroxylation is 1. The number of imide groups is 1. The number of nitrogens with zero attached hydrogens (tertiary/aromatic N) is 2. The standard InChI is InChI=1S/C18H15FN4O5/c1-10-2-5-12(6-3-10)22-17(25)13(9-20-18(22)26)16(24)21-11-4-7-14(19)15(8-11)23(27)28/h2-8,13H,9H2,1H3,(H,20,26)(H,21,24). The lowest BCUT2D eigenvalue weighted by atomic mass is 10.0. The molecule has 1 saturated heterocycles. The normalized spacial score (nSPS) is 16.5. The second-order valence-electron chi connectivity index (χ2n) is 6.16. The van der Waals surface area contributed by atoms with Gasteiger partial charge in [-0.05, 0) is 31.2 Å². The van der Waals surface area contributed by atoms with Crippen molar-refractivity contribution in [1.82, 2.24) is 5.32 Å². The molecule has 2 aromatic rings. The van der Waals surface area contributed by atoms with E-state index in [1.54, 1.807) is 24.3 Å². The molecule has 0 saturated carbocycles. The minimum Gasteiger partial charge on any atom is -0.336 e. The molecule has 1 heterocycles. The molecule has 9 nitrogen and oxygen atoms in total. The van der Waals surface area contributed by atoms with Crippen LogP contribution >= 0.6 is 0 Å². The number of halogens is 1. The van der Waals surface area contributed by atoms with Gasteiger partial charge in [-0.15, -0.1) is 0 Å². The highest BCUT2D eigenvalue weighted by molar-refractivity contribution is 6.23. The van der Waals surface area contributed by atoms with E-state index in [2.05, 4.69) is 10.6 Å². The van der Waals surface area contributed by atoms with E-state index in [0.29, 0.717) is 5.69 Å². The van der Waals surface area contributed by atoms with Crippen LogP contribution in [-0.2, 0) is 9.59 Å². The molecule has 1 fully saturated rings. The van der Waals surface area contributed by atoms with Crippen molar-refractivity contribution in [3.8, 4) is 0 Å². The zero-order valence-corrected chi connectivity index (χ0v) is 14.6. The Bertz CT molecular complexity index is 976. The molecule has 4 amide bonds. The van der Waals surface area contributed by atoms with Gasteiger partial charge in [-0.2, -0.15) is 4.39 Å². The number of nitrogens with one attached hydrogen (secondary N) is 2. The molecule has 10 heteroatoms. The summed E-state index contributed by atoms with van der Waals surface area (Å²) in [5, 5.41) is 15.6. The summed E-state index contributed by atoms with van der Waals surface area (Å²) in [5.74, 6) is -3.80. The molecule has 144 valence electrons. The molecule has 1 aliphatic rings. The molecule has 0 spiro atoms. The molecule has 2 aromatic carbocycles. The van der Waals surface area contributed by atoms with Gasteiger partial charge in [0.15, 0.2) is 0 Å². The van der Waals surface area contributed by atoms with Crippen LogP contribution in [0.25, 0.3) is 0 Å².